The molecule has 1 aromatic heterocycles. The largest absolute Gasteiger partial charge is 0.338 e. The number of carbonyl (C=O) groups excluding carboxylic acids is 2. The van der Waals surface area contributed by atoms with Gasteiger partial charge >= 0.3 is 6.03 Å². The molecule has 28 heavy (non-hydrogen) atoms. The minimum atomic E-state index is -0.475. The second-order valence-electron chi connectivity index (χ2n) is 8.13. The van der Waals surface area contributed by atoms with Gasteiger partial charge in [-0.15, -0.1) is 10.2 Å². The number of rotatable bonds is 6. The van der Waals surface area contributed by atoms with E-state index in [9.17, 15) is 9.59 Å². The van der Waals surface area contributed by atoms with Crippen molar-refractivity contribution < 1.29 is 9.59 Å². The van der Waals surface area contributed by atoms with E-state index in [1.807, 2.05) is 37.6 Å². The molecule has 0 saturated carbocycles. The summed E-state index contributed by atoms with van der Waals surface area (Å²) in [6, 6.07) is 7.78. The predicted octanol–water partition coefficient (Wildman–Crippen LogP) is 3.35. The number of nitrogens with one attached hydrogen (secondary N) is 2. The van der Waals surface area contributed by atoms with Crippen LogP contribution < -0.4 is 10.6 Å². The normalized spacial score (nSPS) is 11.5. The van der Waals surface area contributed by atoms with Crippen LogP contribution in [0.2, 0.25) is 0 Å². The molecule has 1 aromatic carbocycles. The Bertz CT molecular complexity index is 822. The lowest BCUT2D eigenvalue weighted by molar-refractivity contribution is -0.117. The Morgan fingerprint density at radius 3 is 2.36 bits per heavy atom. The Morgan fingerprint density at radius 2 is 1.79 bits per heavy atom. The highest BCUT2D eigenvalue weighted by atomic mass is 32.2. The number of nitrogens with zero attached hydrogens (tertiary/aromatic N) is 3. The van der Waals surface area contributed by atoms with Crippen molar-refractivity contribution in [3.05, 3.63) is 29.8 Å². The zero-order valence-corrected chi connectivity index (χ0v) is 18.2. The van der Waals surface area contributed by atoms with Gasteiger partial charge in [-0.3, -0.25) is 10.1 Å². The Hall–Kier alpha value is -2.35. The molecule has 3 amide bonds. The van der Waals surface area contributed by atoms with Crippen molar-refractivity contribution in [1.82, 2.24) is 25.4 Å². The van der Waals surface area contributed by atoms with Crippen LogP contribution in [-0.4, -0.2) is 39.0 Å². The second-order valence-corrected chi connectivity index (χ2v) is 9.08. The smallest absolute Gasteiger partial charge is 0.321 e. The molecule has 0 spiro atoms. The van der Waals surface area contributed by atoms with Gasteiger partial charge in [0.25, 0.3) is 0 Å². The topological polar surface area (TPSA) is 88.9 Å². The van der Waals surface area contributed by atoms with E-state index >= 15 is 0 Å². The first kappa shape index (κ1) is 21.9. The Labute approximate surface area is 170 Å². The maximum atomic E-state index is 11.9. The third-order valence-electron chi connectivity index (χ3n) is 4.10. The predicted molar refractivity (Wildman–Crippen MR) is 112 cm³/mol. The molecular formula is C20H29N5O2S. The summed E-state index contributed by atoms with van der Waals surface area (Å²) < 4.78 is 1.85. The summed E-state index contributed by atoms with van der Waals surface area (Å²) in [4.78, 5) is 23.6. The molecule has 0 aliphatic carbocycles. The molecule has 0 unspecified atom stereocenters. The van der Waals surface area contributed by atoms with Crippen LogP contribution in [0.5, 0.6) is 0 Å². The quantitative estimate of drug-likeness (QED) is 0.722. The van der Waals surface area contributed by atoms with E-state index in [1.165, 1.54) is 17.3 Å². The van der Waals surface area contributed by atoms with Crippen LogP contribution in [0.15, 0.2) is 29.4 Å². The average Bonchev–Trinajstić information content (AvgIpc) is 2.98. The lowest BCUT2D eigenvalue weighted by Gasteiger charge is -2.19. The Morgan fingerprint density at radius 1 is 1.14 bits per heavy atom. The van der Waals surface area contributed by atoms with E-state index in [0.29, 0.717) is 17.6 Å². The molecule has 1 heterocycles. The first-order valence-electron chi connectivity index (χ1n) is 9.28. The SMILES string of the molecule is CC(C)CNC(=O)NC(=O)CSc1nnc(-c2ccc(C(C)(C)C)cc2)n1C. The zero-order chi connectivity index (χ0) is 20.9. The molecule has 2 N–H and O–H groups in total. The first-order chi connectivity index (χ1) is 13.1. The highest BCUT2D eigenvalue weighted by Gasteiger charge is 2.16. The van der Waals surface area contributed by atoms with Gasteiger partial charge in [-0.05, 0) is 16.9 Å². The van der Waals surface area contributed by atoms with Gasteiger partial charge in [0.05, 0.1) is 5.75 Å². The third kappa shape index (κ3) is 6.09. The van der Waals surface area contributed by atoms with E-state index in [4.69, 9.17) is 0 Å². The average molecular weight is 404 g/mol. The lowest BCUT2D eigenvalue weighted by atomic mass is 9.87. The Balaban J connectivity index is 1.96. The van der Waals surface area contributed by atoms with Crippen LogP contribution in [0.1, 0.15) is 40.2 Å². The van der Waals surface area contributed by atoms with E-state index in [1.54, 1.807) is 0 Å². The molecule has 0 aliphatic rings. The van der Waals surface area contributed by atoms with Gasteiger partial charge in [0, 0.05) is 19.2 Å². The highest BCUT2D eigenvalue weighted by molar-refractivity contribution is 7.99. The number of carbonyl (C=O) groups is 2. The van der Waals surface area contributed by atoms with Gasteiger partial charge < -0.3 is 9.88 Å². The molecule has 8 heteroatoms. The van der Waals surface area contributed by atoms with Crippen molar-refractivity contribution in [2.24, 2.45) is 13.0 Å². The number of thioether (sulfide) groups is 1. The fourth-order valence-electron chi connectivity index (χ4n) is 2.45. The fourth-order valence-corrected chi connectivity index (χ4v) is 3.16. The van der Waals surface area contributed by atoms with Gasteiger partial charge in [0.15, 0.2) is 11.0 Å². The standard InChI is InChI=1S/C20H29N5O2S/c1-13(2)11-21-18(27)22-16(26)12-28-19-24-23-17(25(19)6)14-7-9-15(10-8-14)20(3,4)5/h7-10,13H,11-12H2,1-6H3,(H2,21,22,26,27). The maximum absolute atomic E-state index is 11.9. The molecule has 0 saturated heterocycles. The van der Waals surface area contributed by atoms with Gasteiger partial charge in [-0.1, -0.05) is 70.6 Å². The summed E-state index contributed by atoms with van der Waals surface area (Å²) in [7, 11) is 1.86. The number of imide groups is 1. The van der Waals surface area contributed by atoms with Gasteiger partial charge in [-0.2, -0.15) is 0 Å². The molecule has 2 aromatic rings. The number of benzene rings is 1. The molecule has 2 rings (SSSR count). The number of hydrogen-bond donors (Lipinski definition) is 2. The molecule has 152 valence electrons. The van der Waals surface area contributed by atoms with Crippen LogP contribution in [0.4, 0.5) is 4.79 Å². The van der Waals surface area contributed by atoms with Crippen LogP contribution >= 0.6 is 11.8 Å². The van der Waals surface area contributed by atoms with E-state index in [2.05, 4.69) is 53.7 Å². The van der Waals surface area contributed by atoms with E-state index in [-0.39, 0.29) is 17.1 Å². The lowest BCUT2D eigenvalue weighted by Crippen LogP contribution is -2.41. The summed E-state index contributed by atoms with van der Waals surface area (Å²) in [5, 5.41) is 14.0. The summed E-state index contributed by atoms with van der Waals surface area (Å²) >= 11 is 1.24. The van der Waals surface area contributed by atoms with Crippen molar-refractivity contribution in [3.8, 4) is 11.4 Å². The number of amides is 3. The highest BCUT2D eigenvalue weighted by Crippen LogP contribution is 2.26. The van der Waals surface area contributed by atoms with E-state index in [0.717, 1.165) is 11.4 Å². The van der Waals surface area contributed by atoms with Crippen molar-refractivity contribution in [2.75, 3.05) is 12.3 Å². The molecule has 0 fully saturated rings. The molecule has 0 bridgehead atoms. The summed E-state index contributed by atoms with van der Waals surface area (Å²) in [5.41, 5.74) is 2.31. The van der Waals surface area contributed by atoms with Crippen molar-refractivity contribution in [2.45, 2.75) is 45.2 Å². The minimum Gasteiger partial charge on any atom is -0.338 e. The minimum absolute atomic E-state index is 0.0873. The van der Waals surface area contributed by atoms with Crippen LogP contribution in [-0.2, 0) is 17.3 Å². The molecule has 0 atom stereocenters. The molecule has 0 aliphatic heterocycles. The number of urea groups is 1. The molecular weight excluding hydrogens is 374 g/mol. The maximum Gasteiger partial charge on any atom is 0.321 e. The van der Waals surface area contributed by atoms with Crippen molar-refractivity contribution >= 4 is 23.7 Å². The third-order valence-corrected chi connectivity index (χ3v) is 5.12. The Kier molecular flexibility index (Phi) is 7.23. The number of hydrogen-bond acceptors (Lipinski definition) is 5. The van der Waals surface area contributed by atoms with Crippen LogP contribution in [0, 0.1) is 5.92 Å². The number of aromatic nitrogens is 3. The fraction of sp³-hybridized carbons (Fsp3) is 0.500. The summed E-state index contributed by atoms with van der Waals surface area (Å²) in [6.45, 7) is 11.0. The zero-order valence-electron chi connectivity index (χ0n) is 17.4. The van der Waals surface area contributed by atoms with Gasteiger partial charge in [-0.25, -0.2) is 4.79 Å². The van der Waals surface area contributed by atoms with Crippen molar-refractivity contribution in [3.63, 3.8) is 0 Å². The van der Waals surface area contributed by atoms with Gasteiger partial charge in [0.2, 0.25) is 5.91 Å². The molecule has 0 radical (unpaired) electrons. The van der Waals surface area contributed by atoms with E-state index < -0.39 is 6.03 Å². The van der Waals surface area contributed by atoms with Crippen LogP contribution in [0.25, 0.3) is 11.4 Å². The van der Waals surface area contributed by atoms with Gasteiger partial charge in [0.1, 0.15) is 0 Å². The summed E-state index contributed by atoms with van der Waals surface area (Å²) in [5.74, 6) is 0.775. The van der Waals surface area contributed by atoms with Crippen molar-refractivity contribution in [1.29, 1.82) is 0 Å². The summed E-state index contributed by atoms with van der Waals surface area (Å²) in [6.07, 6.45) is 0. The molecule has 7 nitrogen and oxygen atoms in total. The van der Waals surface area contributed by atoms with Crippen LogP contribution in [0.3, 0.4) is 0 Å². The second kappa shape index (κ2) is 9.23. The monoisotopic (exact) mass is 403 g/mol. The first-order valence-corrected chi connectivity index (χ1v) is 10.3.